The summed E-state index contributed by atoms with van der Waals surface area (Å²) in [6.07, 6.45) is -0.651. The molecule has 0 saturated carbocycles. The molecule has 1 amide bonds. The fraction of sp³-hybridized carbons (Fsp3) is 0.350. The average Bonchev–Trinajstić information content (AvgIpc) is 2.67. The molecular formula is C20H25NO5. The maximum atomic E-state index is 12.5. The molecule has 2 rings (SSSR count). The van der Waals surface area contributed by atoms with Crippen LogP contribution in [0.1, 0.15) is 25.5 Å². The Kier molecular flexibility index (Phi) is 6.72. The molecule has 0 aliphatic rings. The standard InChI is InChI=1S/C20H25NO5/c1-13(18-12-17(24-4)10-11-19(18)25-5)21-20(22)14(2)26-16-8-6-15(23-3)7-9-16/h6-14H,1-5H3,(H,21,22)/t13-,14-/m1/s1. The largest absolute Gasteiger partial charge is 0.497 e. The maximum Gasteiger partial charge on any atom is 0.261 e. The number of carbonyl (C=O) groups is 1. The van der Waals surface area contributed by atoms with E-state index in [1.54, 1.807) is 52.5 Å². The molecule has 2 aromatic carbocycles. The second-order valence-electron chi connectivity index (χ2n) is 5.77. The minimum atomic E-state index is -0.651. The van der Waals surface area contributed by atoms with E-state index >= 15 is 0 Å². The molecule has 0 spiro atoms. The van der Waals surface area contributed by atoms with Crippen molar-refractivity contribution in [3.05, 3.63) is 48.0 Å². The van der Waals surface area contributed by atoms with Crippen LogP contribution in [0, 0.1) is 0 Å². The molecule has 2 atom stereocenters. The van der Waals surface area contributed by atoms with Crippen molar-refractivity contribution in [2.24, 2.45) is 0 Å². The molecule has 1 N–H and O–H groups in total. The van der Waals surface area contributed by atoms with Gasteiger partial charge in [0.25, 0.3) is 5.91 Å². The van der Waals surface area contributed by atoms with E-state index in [0.29, 0.717) is 17.2 Å². The molecule has 0 unspecified atom stereocenters. The minimum Gasteiger partial charge on any atom is -0.497 e. The Morgan fingerprint density at radius 2 is 1.42 bits per heavy atom. The third-order valence-electron chi connectivity index (χ3n) is 4.00. The molecule has 0 aromatic heterocycles. The van der Waals surface area contributed by atoms with Crippen molar-refractivity contribution in [3.8, 4) is 23.0 Å². The fourth-order valence-electron chi connectivity index (χ4n) is 2.50. The van der Waals surface area contributed by atoms with Gasteiger partial charge in [0.15, 0.2) is 6.10 Å². The van der Waals surface area contributed by atoms with E-state index in [9.17, 15) is 4.79 Å². The molecule has 2 aromatic rings. The van der Waals surface area contributed by atoms with Crippen LogP contribution in [0.15, 0.2) is 42.5 Å². The van der Waals surface area contributed by atoms with E-state index in [4.69, 9.17) is 18.9 Å². The summed E-state index contributed by atoms with van der Waals surface area (Å²) in [5.41, 5.74) is 0.830. The highest BCUT2D eigenvalue weighted by molar-refractivity contribution is 5.81. The molecule has 6 nitrogen and oxygen atoms in total. The summed E-state index contributed by atoms with van der Waals surface area (Å²) in [5, 5.41) is 2.94. The number of rotatable bonds is 8. The topological polar surface area (TPSA) is 66.0 Å². The van der Waals surface area contributed by atoms with E-state index in [1.165, 1.54) is 0 Å². The van der Waals surface area contributed by atoms with Crippen LogP contribution >= 0.6 is 0 Å². The van der Waals surface area contributed by atoms with Gasteiger partial charge < -0.3 is 24.3 Å². The van der Waals surface area contributed by atoms with Crippen molar-refractivity contribution in [2.45, 2.75) is 26.0 Å². The molecule has 0 heterocycles. The lowest BCUT2D eigenvalue weighted by Gasteiger charge is -2.21. The summed E-state index contributed by atoms with van der Waals surface area (Å²) >= 11 is 0. The second kappa shape index (κ2) is 8.99. The quantitative estimate of drug-likeness (QED) is 0.783. The Hall–Kier alpha value is -2.89. The number of benzene rings is 2. The number of hydrogen-bond donors (Lipinski definition) is 1. The highest BCUT2D eigenvalue weighted by Gasteiger charge is 2.20. The lowest BCUT2D eigenvalue weighted by atomic mass is 10.1. The summed E-state index contributed by atoms with van der Waals surface area (Å²) in [6, 6.07) is 12.3. The smallest absolute Gasteiger partial charge is 0.261 e. The molecular weight excluding hydrogens is 334 g/mol. The first-order valence-corrected chi connectivity index (χ1v) is 8.31. The first kappa shape index (κ1) is 19.4. The Morgan fingerprint density at radius 1 is 0.846 bits per heavy atom. The van der Waals surface area contributed by atoms with Crippen molar-refractivity contribution < 1.29 is 23.7 Å². The maximum absolute atomic E-state index is 12.5. The molecule has 140 valence electrons. The summed E-state index contributed by atoms with van der Waals surface area (Å²) in [5.74, 6) is 2.48. The highest BCUT2D eigenvalue weighted by Crippen LogP contribution is 2.29. The lowest BCUT2D eigenvalue weighted by molar-refractivity contribution is -0.127. The molecule has 0 fully saturated rings. The second-order valence-corrected chi connectivity index (χ2v) is 5.77. The third kappa shape index (κ3) is 4.81. The molecule has 26 heavy (non-hydrogen) atoms. The van der Waals surface area contributed by atoms with Crippen LogP contribution in [0.4, 0.5) is 0 Å². The lowest BCUT2D eigenvalue weighted by Crippen LogP contribution is -2.37. The molecule has 0 aliphatic heterocycles. The number of amides is 1. The minimum absolute atomic E-state index is 0.224. The Balaban J connectivity index is 2.03. The molecule has 0 radical (unpaired) electrons. The fourth-order valence-corrected chi connectivity index (χ4v) is 2.50. The highest BCUT2D eigenvalue weighted by atomic mass is 16.5. The van der Waals surface area contributed by atoms with Gasteiger partial charge in [-0.3, -0.25) is 4.79 Å². The molecule has 0 bridgehead atoms. The van der Waals surface area contributed by atoms with Crippen molar-refractivity contribution in [1.29, 1.82) is 0 Å². The van der Waals surface area contributed by atoms with Crippen LogP contribution in [0.2, 0.25) is 0 Å². The predicted molar refractivity (Wildman–Crippen MR) is 99.2 cm³/mol. The van der Waals surface area contributed by atoms with Gasteiger partial charge in [0.1, 0.15) is 23.0 Å². The summed E-state index contributed by atoms with van der Waals surface area (Å²) in [6.45, 7) is 3.59. The Labute approximate surface area is 154 Å². The summed E-state index contributed by atoms with van der Waals surface area (Å²) < 4.78 is 21.4. The average molecular weight is 359 g/mol. The van der Waals surface area contributed by atoms with Crippen LogP contribution in [0.25, 0.3) is 0 Å². The van der Waals surface area contributed by atoms with Crippen LogP contribution in [0.5, 0.6) is 23.0 Å². The predicted octanol–water partition coefficient (Wildman–Crippen LogP) is 3.36. The van der Waals surface area contributed by atoms with Crippen LogP contribution < -0.4 is 24.3 Å². The number of hydrogen-bond acceptors (Lipinski definition) is 5. The molecule has 0 saturated heterocycles. The van der Waals surface area contributed by atoms with Gasteiger partial charge in [-0.25, -0.2) is 0 Å². The van der Waals surface area contributed by atoms with Crippen LogP contribution in [-0.4, -0.2) is 33.3 Å². The first-order chi connectivity index (χ1) is 12.5. The zero-order valence-corrected chi connectivity index (χ0v) is 15.7. The molecule has 6 heteroatoms. The summed E-state index contributed by atoms with van der Waals surface area (Å²) in [4.78, 5) is 12.5. The monoisotopic (exact) mass is 359 g/mol. The van der Waals surface area contributed by atoms with Crippen LogP contribution in [0.3, 0.4) is 0 Å². The first-order valence-electron chi connectivity index (χ1n) is 8.31. The van der Waals surface area contributed by atoms with Gasteiger partial charge in [-0.15, -0.1) is 0 Å². The van der Waals surface area contributed by atoms with Crippen molar-refractivity contribution in [1.82, 2.24) is 5.32 Å². The van der Waals surface area contributed by atoms with Gasteiger partial charge in [0.2, 0.25) is 0 Å². The van der Waals surface area contributed by atoms with Gasteiger partial charge in [-0.1, -0.05) is 0 Å². The van der Waals surface area contributed by atoms with Crippen LogP contribution in [-0.2, 0) is 4.79 Å². The van der Waals surface area contributed by atoms with E-state index in [0.717, 1.165) is 11.3 Å². The zero-order valence-electron chi connectivity index (χ0n) is 15.7. The van der Waals surface area contributed by atoms with Crippen molar-refractivity contribution in [3.63, 3.8) is 0 Å². The van der Waals surface area contributed by atoms with E-state index in [1.807, 2.05) is 25.1 Å². The van der Waals surface area contributed by atoms with Crippen molar-refractivity contribution >= 4 is 5.91 Å². The van der Waals surface area contributed by atoms with Gasteiger partial charge in [0, 0.05) is 5.56 Å². The van der Waals surface area contributed by atoms with E-state index in [-0.39, 0.29) is 11.9 Å². The Bertz CT molecular complexity index is 729. The summed E-state index contributed by atoms with van der Waals surface area (Å²) in [7, 11) is 4.79. The molecule has 0 aliphatic carbocycles. The van der Waals surface area contributed by atoms with Gasteiger partial charge in [-0.2, -0.15) is 0 Å². The van der Waals surface area contributed by atoms with Gasteiger partial charge >= 0.3 is 0 Å². The number of ether oxygens (including phenoxy) is 4. The van der Waals surface area contributed by atoms with E-state index in [2.05, 4.69) is 5.32 Å². The number of nitrogens with one attached hydrogen (secondary N) is 1. The van der Waals surface area contributed by atoms with Gasteiger partial charge in [0.05, 0.1) is 27.4 Å². The zero-order chi connectivity index (χ0) is 19.1. The number of methoxy groups -OCH3 is 3. The van der Waals surface area contributed by atoms with Crippen molar-refractivity contribution in [2.75, 3.05) is 21.3 Å². The Morgan fingerprint density at radius 3 is 2.00 bits per heavy atom. The SMILES string of the molecule is COc1ccc(O[C@H](C)C(=O)N[C@H](C)c2cc(OC)ccc2OC)cc1. The van der Waals surface area contributed by atoms with E-state index < -0.39 is 6.10 Å². The third-order valence-corrected chi connectivity index (χ3v) is 4.00. The van der Waals surface area contributed by atoms with Gasteiger partial charge in [-0.05, 0) is 56.3 Å². The number of carbonyl (C=O) groups excluding carboxylic acids is 1. The normalized spacial score (nSPS) is 12.7.